The second kappa shape index (κ2) is 12.6. The van der Waals surface area contributed by atoms with Gasteiger partial charge in [0, 0.05) is 13.1 Å². The Labute approximate surface area is 216 Å². The summed E-state index contributed by atoms with van der Waals surface area (Å²) in [6.45, 7) is 8.48. The molecule has 192 valence electrons. The fourth-order valence-corrected chi connectivity index (χ4v) is 4.74. The van der Waals surface area contributed by atoms with Crippen LogP contribution in [0.2, 0.25) is 0 Å². The summed E-state index contributed by atoms with van der Waals surface area (Å²) in [5.74, 6) is 0.730. The van der Waals surface area contributed by atoms with Crippen LogP contribution in [0.1, 0.15) is 46.1 Å². The molecule has 0 radical (unpaired) electrons. The summed E-state index contributed by atoms with van der Waals surface area (Å²) >= 11 is 1.51. The van der Waals surface area contributed by atoms with Gasteiger partial charge in [0.05, 0.1) is 17.1 Å². The highest BCUT2D eigenvalue weighted by atomic mass is 32.2. The van der Waals surface area contributed by atoms with E-state index in [1.807, 2.05) is 88.4 Å². The third-order valence-electron chi connectivity index (χ3n) is 5.38. The highest BCUT2D eigenvalue weighted by Gasteiger charge is 2.21. The zero-order valence-electron chi connectivity index (χ0n) is 21.5. The van der Waals surface area contributed by atoms with E-state index in [9.17, 15) is 14.4 Å². The van der Waals surface area contributed by atoms with Crippen LogP contribution < -0.4 is 16.6 Å². The molecule has 0 saturated carbocycles. The Balaban J connectivity index is 1.92. The molecule has 3 aromatic rings. The maximum atomic E-state index is 13.7. The molecule has 0 bridgehead atoms. The quantitative estimate of drug-likeness (QED) is 0.232. The maximum absolute atomic E-state index is 13.7. The van der Waals surface area contributed by atoms with Crippen LogP contribution in [0.25, 0.3) is 11.1 Å². The molecule has 36 heavy (non-hydrogen) atoms. The lowest BCUT2D eigenvalue weighted by atomic mass is 10.1. The predicted octanol–water partition coefficient (Wildman–Crippen LogP) is 5.14. The van der Waals surface area contributed by atoms with Gasteiger partial charge < -0.3 is 10.1 Å². The van der Waals surface area contributed by atoms with Gasteiger partial charge in [-0.3, -0.25) is 13.9 Å². The molecule has 7 nitrogen and oxygen atoms in total. The van der Waals surface area contributed by atoms with Crippen LogP contribution in [-0.2, 0) is 17.8 Å². The lowest BCUT2D eigenvalue weighted by Crippen LogP contribution is -2.42. The summed E-state index contributed by atoms with van der Waals surface area (Å²) in [6, 6.07) is 19.3. The van der Waals surface area contributed by atoms with Crippen molar-refractivity contribution in [2.75, 3.05) is 12.3 Å². The van der Waals surface area contributed by atoms with Gasteiger partial charge in [0.25, 0.3) is 5.56 Å². The average Bonchev–Trinajstić information content (AvgIpc) is 2.83. The molecule has 0 aliphatic rings. The van der Waals surface area contributed by atoms with E-state index in [1.165, 1.54) is 16.3 Å². The second-order valence-electron chi connectivity index (χ2n) is 9.43. The molecule has 0 spiro atoms. The van der Waals surface area contributed by atoms with Crippen LogP contribution in [0.3, 0.4) is 0 Å². The third-order valence-corrected chi connectivity index (χ3v) is 6.37. The third kappa shape index (κ3) is 7.37. The Kier molecular flexibility index (Phi) is 9.58. The second-order valence-corrected chi connectivity index (χ2v) is 10.7. The van der Waals surface area contributed by atoms with E-state index < -0.39 is 11.7 Å². The number of benzene rings is 2. The topological polar surface area (TPSA) is 82.3 Å². The van der Waals surface area contributed by atoms with Crippen molar-refractivity contribution >= 4 is 17.9 Å². The molecule has 0 atom stereocenters. The number of amides is 1. The van der Waals surface area contributed by atoms with Gasteiger partial charge in [-0.05, 0) is 50.5 Å². The van der Waals surface area contributed by atoms with Gasteiger partial charge in [-0.15, -0.1) is 11.8 Å². The van der Waals surface area contributed by atoms with E-state index in [2.05, 4.69) is 5.32 Å². The number of nitrogens with one attached hydrogen (secondary N) is 1. The van der Waals surface area contributed by atoms with Crippen molar-refractivity contribution in [3.05, 3.63) is 87.1 Å². The Morgan fingerprint density at radius 3 is 2.19 bits per heavy atom. The lowest BCUT2D eigenvalue weighted by Gasteiger charge is -2.20. The zero-order chi connectivity index (χ0) is 26.1. The molecule has 3 rings (SSSR count). The molecule has 1 aromatic heterocycles. The fourth-order valence-electron chi connectivity index (χ4n) is 3.82. The van der Waals surface area contributed by atoms with Crippen LogP contribution >= 0.6 is 11.8 Å². The number of carbonyl (C=O) groups excluding carboxylic acids is 1. The van der Waals surface area contributed by atoms with Crippen molar-refractivity contribution in [3.8, 4) is 11.1 Å². The summed E-state index contributed by atoms with van der Waals surface area (Å²) in [6.07, 6.45) is 0.693. The molecule has 0 fully saturated rings. The molecule has 0 unspecified atom stereocenters. The molecule has 8 heteroatoms. The Bertz CT molecular complexity index is 1260. The number of nitrogens with zero attached hydrogens (tertiary/aromatic N) is 2. The van der Waals surface area contributed by atoms with E-state index in [1.54, 1.807) is 4.57 Å². The highest BCUT2D eigenvalue weighted by molar-refractivity contribution is 7.99. The van der Waals surface area contributed by atoms with Gasteiger partial charge in [-0.25, -0.2) is 9.59 Å². The number of carbonyl (C=O) groups is 1. The number of rotatable bonds is 10. The van der Waals surface area contributed by atoms with Gasteiger partial charge in [-0.2, -0.15) is 0 Å². The van der Waals surface area contributed by atoms with Crippen molar-refractivity contribution in [1.82, 2.24) is 14.5 Å². The summed E-state index contributed by atoms with van der Waals surface area (Å²) in [5, 5.41) is 3.41. The summed E-state index contributed by atoms with van der Waals surface area (Å²) in [7, 11) is 0. The number of unbranched alkanes of at least 4 members (excludes halogenated alkanes) is 1. The van der Waals surface area contributed by atoms with Crippen molar-refractivity contribution in [3.63, 3.8) is 0 Å². The standard InChI is InChI=1S/C28H35N3O4S/c1-5-36-25-23(22-16-10-7-11-17-22)24(32)30(19-13-12-18-29-26(33)35-28(2,3)4)27(34)31(25)20-21-14-8-6-9-15-21/h6-11,14-17H,5,12-13,18-20H2,1-4H3,(H,29,33). The van der Waals surface area contributed by atoms with Crippen molar-refractivity contribution in [2.45, 2.75) is 64.3 Å². The molecule has 1 amide bonds. The highest BCUT2D eigenvalue weighted by Crippen LogP contribution is 2.28. The van der Waals surface area contributed by atoms with Gasteiger partial charge in [0.2, 0.25) is 0 Å². The molecule has 1 N–H and O–H groups in total. The first-order valence-electron chi connectivity index (χ1n) is 12.3. The van der Waals surface area contributed by atoms with Crippen LogP contribution in [0.5, 0.6) is 0 Å². The fraction of sp³-hybridized carbons (Fsp3) is 0.393. The number of thioether (sulfide) groups is 1. The summed E-state index contributed by atoms with van der Waals surface area (Å²) in [5.41, 5.74) is 1.16. The number of alkyl carbamates (subject to hydrolysis) is 1. The molecular formula is C28H35N3O4S. The normalized spacial score (nSPS) is 11.3. The van der Waals surface area contributed by atoms with E-state index in [0.717, 1.165) is 16.9 Å². The van der Waals surface area contributed by atoms with Crippen LogP contribution in [0, 0.1) is 0 Å². The molecule has 0 aliphatic heterocycles. The summed E-state index contributed by atoms with van der Waals surface area (Å²) in [4.78, 5) is 39.2. The van der Waals surface area contributed by atoms with Crippen LogP contribution in [-0.4, -0.2) is 33.1 Å². The maximum Gasteiger partial charge on any atom is 0.407 e. The van der Waals surface area contributed by atoms with Crippen LogP contribution in [0.4, 0.5) is 4.79 Å². The molecule has 0 saturated heterocycles. The van der Waals surface area contributed by atoms with Gasteiger partial charge in [0.15, 0.2) is 0 Å². The minimum absolute atomic E-state index is 0.263. The Morgan fingerprint density at radius 2 is 1.58 bits per heavy atom. The van der Waals surface area contributed by atoms with E-state index in [-0.39, 0.29) is 17.8 Å². The predicted molar refractivity (Wildman–Crippen MR) is 146 cm³/mol. The molecular weight excluding hydrogens is 474 g/mol. The zero-order valence-corrected chi connectivity index (χ0v) is 22.3. The van der Waals surface area contributed by atoms with E-state index in [4.69, 9.17) is 4.74 Å². The molecule has 2 aromatic carbocycles. The van der Waals surface area contributed by atoms with Crippen molar-refractivity contribution in [2.24, 2.45) is 0 Å². The van der Waals surface area contributed by atoms with E-state index >= 15 is 0 Å². The summed E-state index contributed by atoms with van der Waals surface area (Å²) < 4.78 is 8.30. The first-order chi connectivity index (χ1) is 17.2. The number of ether oxygens (including phenoxy) is 1. The average molecular weight is 510 g/mol. The van der Waals surface area contributed by atoms with Crippen molar-refractivity contribution in [1.29, 1.82) is 0 Å². The first-order valence-corrected chi connectivity index (χ1v) is 13.3. The molecule has 0 aliphatic carbocycles. The smallest absolute Gasteiger partial charge is 0.407 e. The Morgan fingerprint density at radius 1 is 0.944 bits per heavy atom. The number of aromatic nitrogens is 2. The number of hydrogen-bond acceptors (Lipinski definition) is 5. The SMILES string of the molecule is CCSc1c(-c2ccccc2)c(=O)n(CCCCNC(=O)OC(C)(C)C)c(=O)n1Cc1ccccc1. The van der Waals surface area contributed by atoms with Gasteiger partial charge in [0.1, 0.15) is 5.60 Å². The first kappa shape index (κ1) is 27.3. The Hall–Kier alpha value is -3.26. The van der Waals surface area contributed by atoms with Crippen LogP contribution in [0.15, 0.2) is 75.3 Å². The number of hydrogen-bond donors (Lipinski definition) is 1. The largest absolute Gasteiger partial charge is 0.444 e. The minimum Gasteiger partial charge on any atom is -0.444 e. The van der Waals surface area contributed by atoms with Crippen molar-refractivity contribution < 1.29 is 9.53 Å². The molecule has 1 heterocycles. The lowest BCUT2D eigenvalue weighted by molar-refractivity contribution is 0.0527. The van der Waals surface area contributed by atoms with E-state index in [0.29, 0.717) is 36.5 Å². The van der Waals surface area contributed by atoms with Gasteiger partial charge >= 0.3 is 11.8 Å². The minimum atomic E-state index is -0.562. The monoisotopic (exact) mass is 509 g/mol. The van der Waals surface area contributed by atoms with Gasteiger partial charge in [-0.1, -0.05) is 67.6 Å².